The van der Waals surface area contributed by atoms with Gasteiger partial charge >= 0.3 is 6.18 Å². The van der Waals surface area contributed by atoms with E-state index in [-0.39, 0.29) is 12.1 Å². The molecule has 2 nitrogen and oxygen atoms in total. The maximum atomic E-state index is 11.9. The zero-order valence-corrected chi connectivity index (χ0v) is 9.02. The molecule has 0 saturated heterocycles. The largest absolute Gasteiger partial charge is 0.411 e. The Labute approximate surface area is 93.5 Å². The number of ether oxygens (including phenoxy) is 1. The van der Waals surface area contributed by atoms with E-state index in [0.29, 0.717) is 19.4 Å². The molecule has 0 bridgehead atoms. The van der Waals surface area contributed by atoms with Crippen molar-refractivity contribution in [3.05, 3.63) is 0 Å². The molecule has 0 aliphatic heterocycles. The highest BCUT2D eigenvalue weighted by Crippen LogP contribution is 2.24. The third-order valence-corrected chi connectivity index (χ3v) is 2.60. The highest BCUT2D eigenvalue weighted by Gasteiger charge is 2.31. The van der Waals surface area contributed by atoms with Gasteiger partial charge in [0.15, 0.2) is 0 Å². The van der Waals surface area contributed by atoms with Crippen LogP contribution in [0.25, 0.3) is 0 Å². The van der Waals surface area contributed by atoms with Crippen LogP contribution in [0.15, 0.2) is 0 Å². The molecule has 0 aromatic heterocycles. The highest BCUT2D eigenvalue weighted by atomic mass is 19.4. The van der Waals surface area contributed by atoms with Crippen molar-refractivity contribution in [3.63, 3.8) is 0 Å². The molecule has 5 heteroatoms. The van der Waals surface area contributed by atoms with Gasteiger partial charge in [-0.15, -0.1) is 6.42 Å². The van der Waals surface area contributed by atoms with Crippen molar-refractivity contribution in [1.29, 1.82) is 0 Å². The monoisotopic (exact) mass is 235 g/mol. The molecule has 92 valence electrons. The summed E-state index contributed by atoms with van der Waals surface area (Å²) in [6.07, 6.45) is 3.71. The smallest absolute Gasteiger partial charge is 0.369 e. The summed E-state index contributed by atoms with van der Waals surface area (Å²) in [5.74, 6) is 2.45. The zero-order valence-electron chi connectivity index (χ0n) is 9.02. The number of hydrogen-bond acceptors (Lipinski definition) is 2. The van der Waals surface area contributed by atoms with Crippen LogP contribution in [-0.4, -0.2) is 31.5 Å². The lowest BCUT2D eigenvalue weighted by molar-refractivity contribution is -0.188. The van der Waals surface area contributed by atoms with E-state index in [0.717, 1.165) is 12.8 Å². The van der Waals surface area contributed by atoms with Crippen molar-refractivity contribution in [3.8, 4) is 12.3 Å². The van der Waals surface area contributed by atoms with Crippen LogP contribution in [0.5, 0.6) is 0 Å². The van der Waals surface area contributed by atoms with Crippen LogP contribution in [0.2, 0.25) is 0 Å². The third-order valence-electron chi connectivity index (χ3n) is 2.60. The molecule has 1 aliphatic rings. The fourth-order valence-electron chi connectivity index (χ4n) is 1.90. The van der Waals surface area contributed by atoms with Crippen LogP contribution in [0.4, 0.5) is 13.2 Å². The summed E-state index contributed by atoms with van der Waals surface area (Å²) in [5, 5.41) is 3.10. The van der Waals surface area contributed by atoms with E-state index in [1.54, 1.807) is 0 Å². The number of hydrogen-bond donors (Lipinski definition) is 1. The summed E-state index contributed by atoms with van der Waals surface area (Å²) in [6.45, 7) is -0.698. The topological polar surface area (TPSA) is 21.3 Å². The van der Waals surface area contributed by atoms with Crippen LogP contribution in [0.1, 0.15) is 25.7 Å². The van der Waals surface area contributed by atoms with E-state index < -0.39 is 12.8 Å². The summed E-state index contributed by atoms with van der Waals surface area (Å²) in [4.78, 5) is 0. The average Bonchev–Trinajstić information content (AvgIpc) is 2.23. The minimum absolute atomic E-state index is 0.183. The number of nitrogens with one attached hydrogen (secondary N) is 1. The molecule has 0 heterocycles. The molecule has 2 atom stereocenters. The Morgan fingerprint density at radius 1 is 1.38 bits per heavy atom. The molecule has 1 aliphatic carbocycles. The summed E-state index contributed by atoms with van der Waals surface area (Å²) in [7, 11) is 0. The van der Waals surface area contributed by atoms with Gasteiger partial charge in [-0.2, -0.15) is 13.2 Å². The molecule has 2 unspecified atom stereocenters. The quantitative estimate of drug-likeness (QED) is 0.753. The Morgan fingerprint density at radius 2 is 2.12 bits per heavy atom. The summed E-state index contributed by atoms with van der Waals surface area (Å²) in [5.41, 5.74) is 0. The van der Waals surface area contributed by atoms with Gasteiger partial charge < -0.3 is 10.1 Å². The van der Waals surface area contributed by atoms with Crippen LogP contribution < -0.4 is 5.32 Å². The van der Waals surface area contributed by atoms with Crippen molar-refractivity contribution < 1.29 is 17.9 Å². The zero-order chi connectivity index (χ0) is 12.0. The van der Waals surface area contributed by atoms with Crippen molar-refractivity contribution >= 4 is 0 Å². The molecule has 1 N–H and O–H groups in total. The Bertz CT molecular complexity index is 247. The molecule has 16 heavy (non-hydrogen) atoms. The molecule has 0 amide bonds. The van der Waals surface area contributed by atoms with Gasteiger partial charge in [-0.1, -0.05) is 5.92 Å². The van der Waals surface area contributed by atoms with Crippen molar-refractivity contribution in [1.82, 2.24) is 5.32 Å². The van der Waals surface area contributed by atoms with E-state index >= 15 is 0 Å². The van der Waals surface area contributed by atoms with Gasteiger partial charge in [0.25, 0.3) is 0 Å². The lowest BCUT2D eigenvalue weighted by Gasteiger charge is -2.29. The second kappa shape index (κ2) is 6.12. The fourth-order valence-corrected chi connectivity index (χ4v) is 1.90. The lowest BCUT2D eigenvalue weighted by atomic mass is 9.93. The van der Waals surface area contributed by atoms with E-state index in [1.807, 2.05) is 0 Å². The van der Waals surface area contributed by atoms with E-state index in [9.17, 15) is 13.2 Å². The Morgan fingerprint density at radius 3 is 2.75 bits per heavy atom. The van der Waals surface area contributed by atoms with E-state index in [2.05, 4.69) is 11.2 Å². The summed E-state index contributed by atoms with van der Waals surface area (Å²) >= 11 is 0. The van der Waals surface area contributed by atoms with E-state index in [1.165, 1.54) is 0 Å². The highest BCUT2D eigenvalue weighted by molar-refractivity contribution is 4.89. The maximum Gasteiger partial charge on any atom is 0.411 e. The first kappa shape index (κ1) is 13.3. The van der Waals surface area contributed by atoms with Crippen LogP contribution >= 0.6 is 0 Å². The van der Waals surface area contributed by atoms with Gasteiger partial charge in [0.1, 0.15) is 6.61 Å². The van der Waals surface area contributed by atoms with Crippen molar-refractivity contribution in [2.24, 2.45) is 0 Å². The molecule has 1 rings (SSSR count). The molecule has 0 aromatic rings. The van der Waals surface area contributed by atoms with Crippen molar-refractivity contribution in [2.75, 3.05) is 13.2 Å². The minimum atomic E-state index is -4.24. The fraction of sp³-hybridized carbons (Fsp3) is 0.818. The van der Waals surface area contributed by atoms with E-state index in [4.69, 9.17) is 11.2 Å². The second-order valence-electron chi connectivity index (χ2n) is 4.00. The Kier molecular flexibility index (Phi) is 5.10. The van der Waals surface area contributed by atoms with Crippen molar-refractivity contribution in [2.45, 2.75) is 44.0 Å². The number of terminal acetylenes is 1. The van der Waals surface area contributed by atoms with Gasteiger partial charge in [-0.05, 0) is 25.7 Å². The minimum Gasteiger partial charge on any atom is -0.369 e. The second-order valence-corrected chi connectivity index (χ2v) is 4.00. The van der Waals surface area contributed by atoms with Gasteiger partial charge in [0.2, 0.25) is 0 Å². The van der Waals surface area contributed by atoms with Crippen LogP contribution in [0.3, 0.4) is 0 Å². The first-order valence-corrected chi connectivity index (χ1v) is 5.36. The van der Waals surface area contributed by atoms with Gasteiger partial charge in [-0.3, -0.25) is 0 Å². The Hall–Kier alpha value is -0.730. The molecule has 0 radical (unpaired) electrons. The normalized spacial score (nSPS) is 26.4. The molecule has 0 spiro atoms. The molecule has 0 aromatic carbocycles. The predicted octanol–water partition coefficient (Wildman–Crippen LogP) is 2.10. The van der Waals surface area contributed by atoms with Crippen LogP contribution in [-0.2, 0) is 4.74 Å². The first-order valence-electron chi connectivity index (χ1n) is 5.36. The third kappa shape index (κ3) is 5.38. The van der Waals surface area contributed by atoms with Gasteiger partial charge in [0.05, 0.1) is 12.6 Å². The molecule has 1 saturated carbocycles. The molecule has 1 fully saturated rings. The van der Waals surface area contributed by atoms with Crippen LogP contribution in [0, 0.1) is 12.3 Å². The first-order chi connectivity index (χ1) is 7.51. The Balaban J connectivity index is 2.25. The number of halogens is 3. The average molecular weight is 235 g/mol. The number of rotatable bonds is 4. The SMILES string of the molecule is C#CCNC1CCCC(OCC(F)(F)F)C1. The molecular weight excluding hydrogens is 219 g/mol. The predicted molar refractivity (Wildman–Crippen MR) is 54.9 cm³/mol. The lowest BCUT2D eigenvalue weighted by Crippen LogP contribution is -2.38. The summed E-state index contributed by atoms with van der Waals surface area (Å²) < 4.78 is 40.7. The van der Waals surface area contributed by atoms with Gasteiger partial charge in [0, 0.05) is 6.04 Å². The number of alkyl halides is 3. The molecular formula is C11H16F3NO. The standard InChI is InChI=1S/C11H16F3NO/c1-2-6-15-9-4-3-5-10(7-9)16-8-11(12,13)14/h1,9-10,15H,3-8H2. The van der Waals surface area contributed by atoms with Gasteiger partial charge in [-0.25, -0.2) is 0 Å². The maximum absolute atomic E-state index is 11.9. The summed E-state index contributed by atoms with van der Waals surface area (Å²) in [6, 6.07) is 0.183.